The van der Waals surface area contributed by atoms with Crippen molar-refractivity contribution in [2.45, 2.75) is 30.6 Å². The zero-order chi connectivity index (χ0) is 12.5. The second kappa shape index (κ2) is 5.05. The number of rotatable bonds is 3. The van der Waals surface area contributed by atoms with Gasteiger partial charge in [-0.3, -0.25) is 4.52 Å². The molecule has 1 aliphatic rings. The van der Waals surface area contributed by atoms with Gasteiger partial charge in [0.25, 0.3) is 0 Å². The van der Waals surface area contributed by atoms with Crippen LogP contribution in [-0.4, -0.2) is 62.4 Å². The number of phosphoric ester groups is 1. The Balaban J connectivity index is 2.75. The normalized spacial score (nSPS) is 41.0. The van der Waals surface area contributed by atoms with Crippen molar-refractivity contribution in [2.24, 2.45) is 5.73 Å². The van der Waals surface area contributed by atoms with E-state index < -0.39 is 45.1 Å². The number of aliphatic hydroxyl groups is 3. The van der Waals surface area contributed by atoms with Crippen molar-refractivity contribution in [1.29, 1.82) is 0 Å². The Hall–Kier alpha value is -0.0900. The molecular weight excluding hydrogens is 245 g/mol. The van der Waals surface area contributed by atoms with Crippen LogP contribution in [0, 0.1) is 0 Å². The molecule has 0 aromatic carbocycles. The molecule has 0 spiro atoms. The van der Waals surface area contributed by atoms with E-state index >= 15 is 0 Å². The first-order valence-corrected chi connectivity index (χ1v) is 5.91. The number of ether oxygens (including phenoxy) is 1. The van der Waals surface area contributed by atoms with Gasteiger partial charge in [-0.1, -0.05) is 0 Å². The van der Waals surface area contributed by atoms with Gasteiger partial charge in [-0.2, -0.15) is 0 Å². The highest BCUT2D eigenvalue weighted by Crippen LogP contribution is 2.40. The van der Waals surface area contributed by atoms with Crippen molar-refractivity contribution in [3.05, 3.63) is 0 Å². The molecule has 9 nitrogen and oxygen atoms in total. The standard InChI is InChI=1S/C6H14NO8P/c7-3-5(10)4(9)2(1-8)14-6(3)15-16(11,12)13/h2-6,8-10H,1,7H2,(H2,11,12,13)/t2-,3+,4+,5+,6+/m1/s1. The van der Waals surface area contributed by atoms with Crippen LogP contribution in [0.3, 0.4) is 0 Å². The third-order valence-corrected chi connectivity index (χ3v) is 2.65. The molecule has 1 aliphatic heterocycles. The molecule has 0 aromatic heterocycles. The first-order chi connectivity index (χ1) is 7.26. The van der Waals surface area contributed by atoms with E-state index in [4.69, 9.17) is 25.4 Å². The maximum atomic E-state index is 10.6. The summed E-state index contributed by atoms with van der Waals surface area (Å²) in [4.78, 5) is 17.1. The van der Waals surface area contributed by atoms with E-state index in [1.54, 1.807) is 0 Å². The largest absolute Gasteiger partial charge is 0.471 e. The van der Waals surface area contributed by atoms with Gasteiger partial charge < -0.3 is 35.6 Å². The molecule has 0 radical (unpaired) electrons. The lowest BCUT2D eigenvalue weighted by Crippen LogP contribution is -2.62. The maximum absolute atomic E-state index is 10.6. The van der Waals surface area contributed by atoms with Crippen molar-refractivity contribution < 1.29 is 38.9 Å². The summed E-state index contributed by atoms with van der Waals surface area (Å²) in [5.74, 6) is 0. The SMILES string of the molecule is N[C@@H]1[C@H](OP(=O)(O)O)O[C@H](CO)[C@H](O)[C@H]1O. The van der Waals surface area contributed by atoms with Crippen molar-refractivity contribution in [1.82, 2.24) is 0 Å². The van der Waals surface area contributed by atoms with E-state index in [-0.39, 0.29) is 0 Å². The predicted molar refractivity (Wildman–Crippen MR) is 48.9 cm³/mol. The lowest BCUT2D eigenvalue weighted by Gasteiger charge is -2.40. The van der Waals surface area contributed by atoms with Gasteiger partial charge in [-0.25, -0.2) is 4.57 Å². The molecule has 1 rings (SSSR count). The topological polar surface area (TPSA) is 163 Å². The van der Waals surface area contributed by atoms with Gasteiger partial charge in [0, 0.05) is 0 Å². The maximum Gasteiger partial charge on any atom is 0.471 e. The summed E-state index contributed by atoms with van der Waals surface area (Å²) in [5.41, 5.74) is 5.35. The van der Waals surface area contributed by atoms with Crippen molar-refractivity contribution in [2.75, 3.05) is 6.61 Å². The summed E-state index contributed by atoms with van der Waals surface area (Å²) in [6.45, 7) is -0.647. The Kier molecular flexibility index (Phi) is 4.41. The Morgan fingerprint density at radius 1 is 1.31 bits per heavy atom. The average molecular weight is 259 g/mol. The van der Waals surface area contributed by atoms with Crippen LogP contribution in [0.25, 0.3) is 0 Å². The zero-order valence-corrected chi connectivity index (χ0v) is 8.97. The second-order valence-electron chi connectivity index (χ2n) is 3.38. The Morgan fingerprint density at radius 2 is 1.88 bits per heavy atom. The average Bonchev–Trinajstić information content (AvgIpc) is 2.17. The second-order valence-corrected chi connectivity index (χ2v) is 4.57. The molecule has 1 fully saturated rings. The molecule has 5 atom stereocenters. The summed E-state index contributed by atoms with van der Waals surface area (Å²) in [5, 5.41) is 27.6. The summed E-state index contributed by atoms with van der Waals surface area (Å²) >= 11 is 0. The van der Waals surface area contributed by atoms with Crippen LogP contribution in [0.4, 0.5) is 0 Å². The van der Waals surface area contributed by atoms with Crippen LogP contribution >= 0.6 is 7.82 Å². The molecule has 16 heavy (non-hydrogen) atoms. The van der Waals surface area contributed by atoms with Crippen LogP contribution in [0.15, 0.2) is 0 Å². The molecule has 1 heterocycles. The highest BCUT2D eigenvalue weighted by molar-refractivity contribution is 7.46. The Morgan fingerprint density at radius 3 is 2.31 bits per heavy atom. The highest BCUT2D eigenvalue weighted by Gasteiger charge is 2.45. The highest BCUT2D eigenvalue weighted by atomic mass is 31.2. The van der Waals surface area contributed by atoms with Gasteiger partial charge in [0.05, 0.1) is 12.6 Å². The van der Waals surface area contributed by atoms with Gasteiger partial charge in [0.15, 0.2) is 6.29 Å². The molecule has 10 heteroatoms. The monoisotopic (exact) mass is 259 g/mol. The van der Waals surface area contributed by atoms with Crippen LogP contribution in [0.1, 0.15) is 0 Å². The van der Waals surface area contributed by atoms with Gasteiger partial charge in [-0.05, 0) is 0 Å². The molecule has 0 amide bonds. The lowest BCUT2D eigenvalue weighted by atomic mass is 9.98. The van der Waals surface area contributed by atoms with E-state index in [0.29, 0.717) is 0 Å². The number of nitrogens with two attached hydrogens (primary N) is 1. The third-order valence-electron chi connectivity index (χ3n) is 2.17. The molecule has 0 aliphatic carbocycles. The number of hydrogen-bond acceptors (Lipinski definition) is 7. The van der Waals surface area contributed by atoms with Gasteiger partial charge in [-0.15, -0.1) is 0 Å². The van der Waals surface area contributed by atoms with Crippen molar-refractivity contribution >= 4 is 7.82 Å². The van der Waals surface area contributed by atoms with Gasteiger partial charge >= 0.3 is 7.82 Å². The quantitative estimate of drug-likeness (QED) is 0.287. The minimum atomic E-state index is -4.83. The first-order valence-electron chi connectivity index (χ1n) is 4.38. The van der Waals surface area contributed by atoms with E-state index in [1.807, 2.05) is 0 Å². The molecule has 1 saturated heterocycles. The number of hydrogen-bond donors (Lipinski definition) is 6. The van der Waals surface area contributed by atoms with Gasteiger partial charge in [0.2, 0.25) is 0 Å². The zero-order valence-electron chi connectivity index (χ0n) is 8.08. The van der Waals surface area contributed by atoms with E-state index in [2.05, 4.69) is 4.52 Å². The minimum Gasteiger partial charge on any atom is -0.394 e. The summed E-state index contributed by atoms with van der Waals surface area (Å²) < 4.78 is 19.5. The lowest BCUT2D eigenvalue weighted by molar-refractivity contribution is -0.242. The molecular formula is C6H14NO8P. The minimum absolute atomic E-state index is 0.647. The van der Waals surface area contributed by atoms with Crippen LogP contribution in [0.2, 0.25) is 0 Å². The van der Waals surface area contributed by atoms with Crippen LogP contribution in [-0.2, 0) is 13.8 Å². The third kappa shape index (κ3) is 3.20. The fourth-order valence-corrected chi connectivity index (χ4v) is 1.79. The van der Waals surface area contributed by atoms with Gasteiger partial charge in [0.1, 0.15) is 18.3 Å². The number of phosphoric acid groups is 1. The summed E-state index contributed by atoms with van der Waals surface area (Å²) in [7, 11) is -4.83. The summed E-state index contributed by atoms with van der Waals surface area (Å²) in [6.07, 6.45) is -5.78. The molecule has 0 unspecified atom stereocenters. The Labute approximate surface area is 90.6 Å². The molecule has 0 bridgehead atoms. The number of aliphatic hydroxyl groups excluding tert-OH is 3. The predicted octanol–water partition coefficient (Wildman–Crippen LogP) is -3.14. The van der Waals surface area contributed by atoms with E-state index in [0.717, 1.165) is 0 Å². The van der Waals surface area contributed by atoms with Crippen LogP contribution in [0.5, 0.6) is 0 Å². The van der Waals surface area contributed by atoms with Crippen molar-refractivity contribution in [3.63, 3.8) is 0 Å². The van der Waals surface area contributed by atoms with Crippen molar-refractivity contribution in [3.8, 4) is 0 Å². The molecule has 96 valence electrons. The summed E-state index contributed by atoms with van der Waals surface area (Å²) in [6, 6.07) is -1.33. The fraction of sp³-hybridized carbons (Fsp3) is 1.00. The Bertz CT molecular complexity index is 280. The van der Waals surface area contributed by atoms with Crippen LogP contribution < -0.4 is 5.73 Å². The fourth-order valence-electron chi connectivity index (χ4n) is 1.33. The molecule has 0 saturated carbocycles. The molecule has 7 N–H and O–H groups in total. The van der Waals surface area contributed by atoms with E-state index in [9.17, 15) is 14.8 Å². The van der Waals surface area contributed by atoms with E-state index in [1.165, 1.54) is 0 Å². The smallest absolute Gasteiger partial charge is 0.394 e. The first kappa shape index (κ1) is 14.0. The molecule has 0 aromatic rings.